The van der Waals surface area contributed by atoms with Crippen LogP contribution in [0.2, 0.25) is 5.02 Å². The minimum Gasteiger partial charge on any atom is -0.352 e. The van der Waals surface area contributed by atoms with Crippen molar-refractivity contribution in [3.63, 3.8) is 0 Å². The molecule has 4 heteroatoms. The molecule has 0 bridgehead atoms. The highest BCUT2D eigenvalue weighted by atomic mass is 35.5. The van der Waals surface area contributed by atoms with Gasteiger partial charge in [0.25, 0.3) is 0 Å². The van der Waals surface area contributed by atoms with E-state index >= 15 is 0 Å². The Morgan fingerprint density at radius 2 is 1.89 bits per heavy atom. The Morgan fingerprint density at radius 1 is 1.33 bits per heavy atom. The molecule has 0 aromatic heterocycles. The highest BCUT2D eigenvalue weighted by Gasteiger charge is 2.22. The lowest BCUT2D eigenvalue weighted by molar-refractivity contribution is -0.122. The Hall–Kier alpha value is -1.06. The SMILES string of the molecule is CC(C)(C)C(N)CC(=O)NCc1ccc(Cl)cc1. The zero-order valence-electron chi connectivity index (χ0n) is 11.2. The number of rotatable bonds is 4. The van der Waals surface area contributed by atoms with Crippen LogP contribution in [0.5, 0.6) is 0 Å². The quantitative estimate of drug-likeness (QED) is 0.882. The average molecular weight is 269 g/mol. The Morgan fingerprint density at radius 3 is 2.39 bits per heavy atom. The highest BCUT2D eigenvalue weighted by molar-refractivity contribution is 6.30. The van der Waals surface area contributed by atoms with Gasteiger partial charge in [-0.25, -0.2) is 0 Å². The molecule has 0 fully saturated rings. The van der Waals surface area contributed by atoms with Crippen LogP contribution < -0.4 is 11.1 Å². The summed E-state index contributed by atoms with van der Waals surface area (Å²) in [6, 6.07) is 7.27. The summed E-state index contributed by atoms with van der Waals surface area (Å²) in [6.07, 6.45) is 0.344. The van der Waals surface area contributed by atoms with E-state index in [1.54, 1.807) is 0 Å². The maximum Gasteiger partial charge on any atom is 0.221 e. The molecule has 0 saturated carbocycles. The lowest BCUT2D eigenvalue weighted by atomic mass is 9.85. The van der Waals surface area contributed by atoms with Gasteiger partial charge in [0.05, 0.1) is 0 Å². The van der Waals surface area contributed by atoms with Gasteiger partial charge in [-0.05, 0) is 23.1 Å². The van der Waals surface area contributed by atoms with E-state index in [0.29, 0.717) is 18.0 Å². The number of hydrogen-bond donors (Lipinski definition) is 2. The summed E-state index contributed by atoms with van der Waals surface area (Å²) in [7, 11) is 0. The molecule has 1 atom stereocenters. The molecule has 1 unspecified atom stereocenters. The van der Waals surface area contributed by atoms with Crippen LogP contribution in [0.4, 0.5) is 0 Å². The van der Waals surface area contributed by atoms with Gasteiger partial charge in [-0.1, -0.05) is 44.5 Å². The van der Waals surface area contributed by atoms with Gasteiger partial charge in [0, 0.05) is 24.0 Å². The third-order valence-electron chi connectivity index (χ3n) is 2.92. The maximum atomic E-state index is 11.7. The number of carbonyl (C=O) groups excluding carboxylic acids is 1. The van der Waals surface area contributed by atoms with E-state index in [-0.39, 0.29) is 17.4 Å². The number of nitrogens with one attached hydrogen (secondary N) is 1. The maximum absolute atomic E-state index is 11.7. The fraction of sp³-hybridized carbons (Fsp3) is 0.500. The van der Waals surface area contributed by atoms with Crippen molar-refractivity contribution >= 4 is 17.5 Å². The minimum atomic E-state index is -0.136. The topological polar surface area (TPSA) is 55.1 Å². The van der Waals surface area contributed by atoms with Crippen molar-refractivity contribution in [1.29, 1.82) is 0 Å². The van der Waals surface area contributed by atoms with Crippen LogP contribution in [-0.2, 0) is 11.3 Å². The summed E-state index contributed by atoms with van der Waals surface area (Å²) in [5, 5.41) is 3.55. The van der Waals surface area contributed by atoms with Crippen LogP contribution in [0.25, 0.3) is 0 Å². The number of benzene rings is 1. The lowest BCUT2D eigenvalue weighted by Gasteiger charge is -2.26. The molecule has 1 amide bonds. The monoisotopic (exact) mass is 268 g/mol. The predicted octanol–water partition coefficient (Wildman–Crippen LogP) is 2.72. The van der Waals surface area contributed by atoms with Crippen molar-refractivity contribution < 1.29 is 4.79 Å². The van der Waals surface area contributed by atoms with Gasteiger partial charge in [0.15, 0.2) is 0 Å². The molecule has 0 aliphatic rings. The fourth-order valence-corrected chi connectivity index (χ4v) is 1.51. The number of halogens is 1. The smallest absolute Gasteiger partial charge is 0.221 e. The zero-order valence-corrected chi connectivity index (χ0v) is 11.9. The van der Waals surface area contributed by atoms with Gasteiger partial charge >= 0.3 is 0 Å². The highest BCUT2D eigenvalue weighted by Crippen LogP contribution is 2.19. The van der Waals surface area contributed by atoms with E-state index in [1.165, 1.54) is 0 Å². The molecule has 0 saturated heterocycles. The first kappa shape index (κ1) is 15.0. The molecule has 0 aliphatic heterocycles. The van der Waals surface area contributed by atoms with Crippen molar-refractivity contribution in [2.45, 2.75) is 39.8 Å². The molecule has 0 aliphatic carbocycles. The van der Waals surface area contributed by atoms with E-state index in [0.717, 1.165) is 5.56 Å². The molecular formula is C14H21ClN2O. The number of amides is 1. The van der Waals surface area contributed by atoms with Crippen LogP contribution >= 0.6 is 11.6 Å². The van der Waals surface area contributed by atoms with Crippen molar-refractivity contribution in [3.8, 4) is 0 Å². The van der Waals surface area contributed by atoms with Crippen LogP contribution in [0.15, 0.2) is 24.3 Å². The summed E-state index contributed by atoms with van der Waals surface area (Å²) < 4.78 is 0. The largest absolute Gasteiger partial charge is 0.352 e. The molecule has 18 heavy (non-hydrogen) atoms. The second-order valence-electron chi connectivity index (χ2n) is 5.58. The number of carbonyl (C=O) groups is 1. The molecule has 1 aromatic carbocycles. The van der Waals surface area contributed by atoms with E-state index in [1.807, 2.05) is 45.0 Å². The minimum absolute atomic E-state index is 0.0209. The van der Waals surface area contributed by atoms with Crippen LogP contribution in [0.1, 0.15) is 32.8 Å². The molecule has 3 nitrogen and oxygen atoms in total. The van der Waals surface area contributed by atoms with Gasteiger partial charge in [-0.3, -0.25) is 4.79 Å². The summed E-state index contributed by atoms with van der Waals surface area (Å²) in [4.78, 5) is 11.7. The molecule has 3 N–H and O–H groups in total. The number of nitrogens with two attached hydrogens (primary N) is 1. The third kappa shape index (κ3) is 5.07. The molecule has 0 spiro atoms. The molecular weight excluding hydrogens is 248 g/mol. The Bertz CT molecular complexity index is 395. The second-order valence-corrected chi connectivity index (χ2v) is 6.02. The molecule has 100 valence electrons. The van der Waals surface area contributed by atoms with Crippen molar-refractivity contribution in [3.05, 3.63) is 34.9 Å². The van der Waals surface area contributed by atoms with Crippen LogP contribution in [0.3, 0.4) is 0 Å². The molecule has 1 aromatic rings. The van der Waals surface area contributed by atoms with E-state index in [9.17, 15) is 4.79 Å². The van der Waals surface area contributed by atoms with Crippen molar-refractivity contribution in [1.82, 2.24) is 5.32 Å². The standard InChI is InChI=1S/C14H21ClN2O/c1-14(2,3)12(16)8-13(18)17-9-10-4-6-11(15)7-5-10/h4-7,12H,8-9,16H2,1-3H3,(H,17,18). The molecule has 1 rings (SSSR count). The second kappa shape index (κ2) is 6.21. The number of hydrogen-bond acceptors (Lipinski definition) is 2. The van der Waals surface area contributed by atoms with Gasteiger partial charge in [-0.2, -0.15) is 0 Å². The van der Waals surface area contributed by atoms with E-state index in [4.69, 9.17) is 17.3 Å². The first-order chi connectivity index (χ1) is 8.29. The molecule has 0 heterocycles. The normalized spacial score (nSPS) is 13.2. The van der Waals surface area contributed by atoms with Gasteiger partial charge in [0.1, 0.15) is 0 Å². The van der Waals surface area contributed by atoms with Crippen molar-refractivity contribution in [2.24, 2.45) is 11.1 Å². The summed E-state index contributed by atoms with van der Waals surface area (Å²) in [6.45, 7) is 6.60. The van der Waals surface area contributed by atoms with Crippen LogP contribution in [0, 0.1) is 5.41 Å². The summed E-state index contributed by atoms with van der Waals surface area (Å²) in [5.74, 6) is -0.0209. The van der Waals surface area contributed by atoms with E-state index in [2.05, 4.69) is 5.32 Å². The summed E-state index contributed by atoms with van der Waals surface area (Å²) in [5.41, 5.74) is 6.93. The average Bonchev–Trinajstić information content (AvgIpc) is 2.27. The first-order valence-corrected chi connectivity index (χ1v) is 6.43. The fourth-order valence-electron chi connectivity index (χ4n) is 1.38. The zero-order chi connectivity index (χ0) is 13.8. The first-order valence-electron chi connectivity index (χ1n) is 6.06. The van der Waals surface area contributed by atoms with Gasteiger partial charge < -0.3 is 11.1 Å². The summed E-state index contributed by atoms with van der Waals surface area (Å²) >= 11 is 5.79. The Balaban J connectivity index is 2.40. The van der Waals surface area contributed by atoms with E-state index < -0.39 is 0 Å². The third-order valence-corrected chi connectivity index (χ3v) is 3.17. The van der Waals surface area contributed by atoms with Gasteiger partial charge in [-0.15, -0.1) is 0 Å². The lowest BCUT2D eigenvalue weighted by Crippen LogP contribution is -2.40. The Labute approximate surface area is 114 Å². The van der Waals surface area contributed by atoms with Crippen LogP contribution in [-0.4, -0.2) is 11.9 Å². The van der Waals surface area contributed by atoms with Gasteiger partial charge in [0.2, 0.25) is 5.91 Å². The Kier molecular flexibility index (Phi) is 5.17. The predicted molar refractivity (Wildman–Crippen MR) is 75.3 cm³/mol. The van der Waals surface area contributed by atoms with Crippen molar-refractivity contribution in [2.75, 3.05) is 0 Å². The molecule has 0 radical (unpaired) electrons.